The molecular weight excluding hydrogens is 434 g/mol. The zero-order chi connectivity index (χ0) is 22.4. The van der Waals surface area contributed by atoms with Crippen LogP contribution in [0.1, 0.15) is 33.6 Å². The predicted molar refractivity (Wildman–Crippen MR) is 115 cm³/mol. The van der Waals surface area contributed by atoms with Crippen LogP contribution in [0.25, 0.3) is 21.2 Å². The van der Waals surface area contributed by atoms with E-state index in [-0.39, 0.29) is 29.9 Å². The van der Waals surface area contributed by atoms with E-state index in [2.05, 4.69) is 20.4 Å². The Balaban J connectivity index is 1.35. The van der Waals surface area contributed by atoms with Crippen LogP contribution in [0.5, 0.6) is 0 Å². The normalized spacial score (nSPS) is 12.6. The lowest BCUT2D eigenvalue weighted by Gasteiger charge is -2.09. The number of aryl methyl sites for hydroxylation is 1. The number of hydrogen-bond donors (Lipinski definition) is 2. The molecule has 1 aromatic carbocycles. The number of aliphatic hydroxyl groups is 1. The Kier molecular flexibility index (Phi) is 4.79. The highest BCUT2D eigenvalue weighted by atomic mass is 32.1. The van der Waals surface area contributed by atoms with Gasteiger partial charge in [-0.05, 0) is 35.9 Å². The number of primary amides is 1. The second-order valence-corrected chi connectivity index (χ2v) is 8.16. The SMILES string of the molecule is Cc1cc2cc([C@@H](O)Cn3nnc(Cn4cnc5scc(C(N)=O)c5c4=O)n3)ccc2o1. The summed E-state index contributed by atoms with van der Waals surface area (Å²) < 4.78 is 6.84. The second kappa shape index (κ2) is 7.66. The highest BCUT2D eigenvalue weighted by molar-refractivity contribution is 7.17. The Morgan fingerprint density at radius 1 is 1.34 bits per heavy atom. The van der Waals surface area contributed by atoms with Gasteiger partial charge in [-0.15, -0.1) is 21.5 Å². The van der Waals surface area contributed by atoms with Crippen molar-refractivity contribution in [1.29, 1.82) is 0 Å². The smallest absolute Gasteiger partial charge is 0.263 e. The Bertz CT molecular complexity index is 1530. The monoisotopic (exact) mass is 451 g/mol. The van der Waals surface area contributed by atoms with E-state index in [0.717, 1.165) is 16.7 Å². The molecule has 12 heteroatoms. The van der Waals surface area contributed by atoms with Gasteiger partial charge in [-0.3, -0.25) is 14.2 Å². The standard InChI is InChI=1S/C20H17N7O4S/c1-10-4-12-5-11(2-3-15(12)31-10)14(28)6-27-24-16(23-25-27)7-26-9-22-19-17(20(26)30)13(8-32-19)18(21)29/h2-5,8-9,14,28H,6-7H2,1H3,(H2,21,29)/t14-/m0/s1. The number of amides is 1. The van der Waals surface area contributed by atoms with Crippen LogP contribution in [0.15, 0.2) is 45.2 Å². The minimum Gasteiger partial charge on any atom is -0.461 e. The van der Waals surface area contributed by atoms with Crippen molar-refractivity contribution in [2.24, 2.45) is 5.73 Å². The average Bonchev–Trinajstić information content (AvgIpc) is 3.47. The lowest BCUT2D eigenvalue weighted by atomic mass is 10.1. The lowest BCUT2D eigenvalue weighted by Crippen LogP contribution is -2.23. The molecule has 0 fully saturated rings. The van der Waals surface area contributed by atoms with Gasteiger partial charge in [-0.2, -0.15) is 4.80 Å². The number of carbonyl (C=O) groups excluding carboxylic acids is 1. The second-order valence-electron chi connectivity index (χ2n) is 7.30. The first kappa shape index (κ1) is 20.0. The molecule has 5 rings (SSSR count). The van der Waals surface area contributed by atoms with E-state index in [9.17, 15) is 14.7 Å². The number of carbonyl (C=O) groups is 1. The molecule has 1 amide bonds. The number of rotatable bonds is 6. The van der Waals surface area contributed by atoms with Crippen LogP contribution in [0, 0.1) is 6.92 Å². The van der Waals surface area contributed by atoms with Gasteiger partial charge in [0.15, 0.2) is 5.82 Å². The Morgan fingerprint density at radius 2 is 2.19 bits per heavy atom. The van der Waals surface area contributed by atoms with E-state index in [1.54, 1.807) is 12.1 Å². The van der Waals surface area contributed by atoms with Gasteiger partial charge in [0, 0.05) is 10.8 Å². The summed E-state index contributed by atoms with van der Waals surface area (Å²) in [6.45, 7) is 1.95. The number of hydrogen-bond acceptors (Lipinski definition) is 9. The van der Waals surface area contributed by atoms with Crippen molar-refractivity contribution < 1.29 is 14.3 Å². The van der Waals surface area contributed by atoms with Gasteiger partial charge in [-0.1, -0.05) is 6.07 Å². The molecule has 5 aromatic rings. The van der Waals surface area contributed by atoms with Gasteiger partial charge >= 0.3 is 0 Å². The van der Waals surface area contributed by atoms with Gasteiger partial charge in [-0.25, -0.2) is 4.98 Å². The molecule has 11 nitrogen and oxygen atoms in total. The van der Waals surface area contributed by atoms with Crippen LogP contribution in [-0.2, 0) is 13.1 Å². The van der Waals surface area contributed by atoms with Gasteiger partial charge in [0.05, 0.1) is 30.4 Å². The van der Waals surface area contributed by atoms with Crippen molar-refractivity contribution >= 4 is 38.4 Å². The summed E-state index contributed by atoms with van der Waals surface area (Å²) in [4.78, 5) is 30.3. The van der Waals surface area contributed by atoms with Crippen LogP contribution in [0.4, 0.5) is 0 Å². The molecule has 3 N–H and O–H groups in total. The van der Waals surface area contributed by atoms with Crippen molar-refractivity contribution in [3.05, 3.63) is 69.0 Å². The Labute approximate surface area is 183 Å². The number of tetrazole rings is 1. The van der Waals surface area contributed by atoms with E-state index >= 15 is 0 Å². The lowest BCUT2D eigenvalue weighted by molar-refractivity contribution is 0.100. The average molecular weight is 451 g/mol. The highest BCUT2D eigenvalue weighted by Gasteiger charge is 2.17. The molecule has 4 heterocycles. The molecule has 0 spiro atoms. The molecular formula is C20H17N7O4S. The third-order valence-corrected chi connectivity index (χ3v) is 5.90. The Morgan fingerprint density at radius 3 is 3.00 bits per heavy atom. The number of nitrogens with two attached hydrogens (primary N) is 1. The first-order chi connectivity index (χ1) is 15.4. The molecule has 32 heavy (non-hydrogen) atoms. The van der Waals surface area contributed by atoms with E-state index in [1.807, 2.05) is 19.1 Å². The van der Waals surface area contributed by atoms with Gasteiger partial charge < -0.3 is 15.3 Å². The first-order valence-corrected chi connectivity index (χ1v) is 10.5. The van der Waals surface area contributed by atoms with Gasteiger partial charge in [0.2, 0.25) is 5.91 Å². The Hall–Kier alpha value is -3.90. The number of aromatic nitrogens is 6. The molecule has 0 bridgehead atoms. The van der Waals surface area contributed by atoms with Crippen LogP contribution < -0.4 is 11.3 Å². The predicted octanol–water partition coefficient (Wildman–Crippen LogP) is 1.38. The topological polar surface area (TPSA) is 155 Å². The summed E-state index contributed by atoms with van der Waals surface area (Å²) in [6, 6.07) is 7.34. The summed E-state index contributed by atoms with van der Waals surface area (Å²) >= 11 is 1.18. The molecule has 0 aliphatic heterocycles. The molecule has 0 saturated carbocycles. The number of nitrogens with zero attached hydrogens (tertiary/aromatic N) is 6. The molecule has 0 aliphatic carbocycles. The minimum atomic E-state index is -0.860. The third kappa shape index (κ3) is 3.55. The van der Waals surface area contributed by atoms with Crippen LogP contribution in [0.2, 0.25) is 0 Å². The highest BCUT2D eigenvalue weighted by Crippen LogP contribution is 2.24. The van der Waals surface area contributed by atoms with Gasteiger partial charge in [0.1, 0.15) is 22.3 Å². The maximum absolute atomic E-state index is 12.8. The van der Waals surface area contributed by atoms with Crippen molar-refractivity contribution in [3.63, 3.8) is 0 Å². The maximum Gasteiger partial charge on any atom is 0.263 e. The van der Waals surface area contributed by atoms with Crippen molar-refractivity contribution in [3.8, 4) is 0 Å². The van der Waals surface area contributed by atoms with E-state index in [4.69, 9.17) is 10.2 Å². The number of thiophene rings is 1. The molecule has 0 aliphatic rings. The fourth-order valence-corrected chi connectivity index (χ4v) is 4.38. The van der Waals surface area contributed by atoms with Crippen LogP contribution in [-0.4, -0.2) is 40.8 Å². The zero-order valence-electron chi connectivity index (χ0n) is 16.8. The van der Waals surface area contributed by atoms with Crippen LogP contribution >= 0.6 is 11.3 Å². The summed E-state index contributed by atoms with van der Waals surface area (Å²) in [5, 5.41) is 25.4. The summed E-state index contributed by atoms with van der Waals surface area (Å²) in [5.74, 6) is 0.370. The van der Waals surface area contributed by atoms with Crippen LogP contribution in [0.3, 0.4) is 0 Å². The summed E-state index contributed by atoms with van der Waals surface area (Å²) in [5.41, 5.74) is 6.52. The molecule has 0 radical (unpaired) electrons. The quantitative estimate of drug-likeness (QED) is 0.392. The maximum atomic E-state index is 12.8. The van der Waals surface area contributed by atoms with Gasteiger partial charge in [0.25, 0.3) is 5.56 Å². The fraction of sp³-hybridized carbons (Fsp3) is 0.200. The molecule has 4 aromatic heterocycles. The summed E-state index contributed by atoms with van der Waals surface area (Å²) in [7, 11) is 0. The van der Waals surface area contributed by atoms with E-state index < -0.39 is 17.6 Å². The number of aliphatic hydroxyl groups excluding tert-OH is 1. The number of fused-ring (bicyclic) bond motifs is 2. The largest absolute Gasteiger partial charge is 0.461 e. The fourth-order valence-electron chi connectivity index (χ4n) is 3.49. The molecule has 162 valence electrons. The number of furan rings is 1. The van der Waals surface area contributed by atoms with Crippen molar-refractivity contribution in [2.45, 2.75) is 26.1 Å². The molecule has 0 unspecified atom stereocenters. The molecule has 1 atom stereocenters. The first-order valence-electron chi connectivity index (χ1n) is 9.60. The summed E-state index contributed by atoms with van der Waals surface area (Å²) in [6.07, 6.45) is 0.505. The number of benzene rings is 1. The zero-order valence-corrected chi connectivity index (χ0v) is 17.6. The van der Waals surface area contributed by atoms with Crippen molar-refractivity contribution in [2.75, 3.05) is 0 Å². The van der Waals surface area contributed by atoms with E-state index in [1.165, 1.54) is 32.4 Å². The van der Waals surface area contributed by atoms with Crippen molar-refractivity contribution in [1.82, 2.24) is 29.8 Å². The third-order valence-electron chi connectivity index (χ3n) is 5.02. The van der Waals surface area contributed by atoms with E-state index in [0.29, 0.717) is 10.4 Å². The minimum absolute atomic E-state index is 0.00612. The molecule has 0 saturated heterocycles.